The fourth-order valence-electron chi connectivity index (χ4n) is 2.07. The average molecular weight is 292 g/mol. The summed E-state index contributed by atoms with van der Waals surface area (Å²) in [6, 6.07) is 14.7. The zero-order valence-corrected chi connectivity index (χ0v) is 12.0. The molecule has 0 spiro atoms. The Labute approximate surface area is 123 Å². The van der Waals surface area contributed by atoms with E-state index in [1.807, 2.05) is 36.4 Å². The Balaban J connectivity index is 1.84. The molecule has 3 rings (SSSR count). The van der Waals surface area contributed by atoms with Crippen LogP contribution in [0.1, 0.15) is 18.4 Å². The van der Waals surface area contributed by atoms with Gasteiger partial charge in [-0.1, -0.05) is 41.4 Å². The summed E-state index contributed by atoms with van der Waals surface area (Å²) >= 11 is 12.2. The van der Waals surface area contributed by atoms with E-state index in [2.05, 4.69) is 11.4 Å². The molecule has 1 aliphatic carbocycles. The minimum Gasteiger partial charge on any atom is -0.310 e. The van der Waals surface area contributed by atoms with E-state index in [1.165, 1.54) is 18.4 Å². The van der Waals surface area contributed by atoms with Crippen LogP contribution in [0.5, 0.6) is 0 Å². The molecule has 0 bridgehead atoms. The summed E-state index contributed by atoms with van der Waals surface area (Å²) in [5, 5.41) is 5.08. The molecule has 1 nitrogen and oxygen atoms in total. The summed E-state index contributed by atoms with van der Waals surface area (Å²) in [5.41, 5.74) is 3.49. The number of halogens is 2. The van der Waals surface area contributed by atoms with E-state index in [9.17, 15) is 0 Å². The summed E-state index contributed by atoms with van der Waals surface area (Å²) < 4.78 is 0. The fourth-order valence-corrected chi connectivity index (χ4v) is 2.38. The molecule has 1 fully saturated rings. The van der Waals surface area contributed by atoms with E-state index < -0.39 is 0 Å². The lowest BCUT2D eigenvalue weighted by Gasteiger charge is -2.09. The molecule has 0 amide bonds. The monoisotopic (exact) mass is 291 g/mol. The van der Waals surface area contributed by atoms with Crippen molar-refractivity contribution in [3.63, 3.8) is 0 Å². The molecule has 3 heteroatoms. The van der Waals surface area contributed by atoms with Crippen LogP contribution in [0.4, 0.5) is 0 Å². The van der Waals surface area contributed by atoms with Crippen molar-refractivity contribution in [1.82, 2.24) is 5.32 Å². The van der Waals surface area contributed by atoms with Gasteiger partial charge in [-0.25, -0.2) is 0 Å². The summed E-state index contributed by atoms with van der Waals surface area (Å²) in [5.74, 6) is 0. The molecule has 19 heavy (non-hydrogen) atoms. The smallest absolute Gasteiger partial charge is 0.0451 e. The van der Waals surface area contributed by atoms with Crippen LogP contribution in [0.2, 0.25) is 10.0 Å². The average Bonchev–Trinajstić information content (AvgIpc) is 3.23. The van der Waals surface area contributed by atoms with Gasteiger partial charge in [0.2, 0.25) is 0 Å². The molecule has 2 aromatic carbocycles. The SMILES string of the molecule is Clc1ccc(-c2ccc(Cl)c(CNC3CC3)c2)cc1. The highest BCUT2D eigenvalue weighted by Gasteiger charge is 2.20. The predicted molar refractivity (Wildman–Crippen MR) is 81.8 cm³/mol. The van der Waals surface area contributed by atoms with E-state index in [0.29, 0.717) is 6.04 Å². The first-order valence-corrected chi connectivity index (χ1v) is 7.26. The maximum absolute atomic E-state index is 6.25. The van der Waals surface area contributed by atoms with Crippen LogP contribution in [0.25, 0.3) is 11.1 Å². The maximum atomic E-state index is 6.25. The van der Waals surface area contributed by atoms with E-state index in [0.717, 1.165) is 27.7 Å². The van der Waals surface area contributed by atoms with Crippen LogP contribution in [0.3, 0.4) is 0 Å². The van der Waals surface area contributed by atoms with Crippen LogP contribution in [-0.2, 0) is 6.54 Å². The van der Waals surface area contributed by atoms with Crippen LogP contribution in [-0.4, -0.2) is 6.04 Å². The lowest BCUT2D eigenvalue weighted by Crippen LogP contribution is -2.15. The molecule has 0 saturated heterocycles. The quantitative estimate of drug-likeness (QED) is 0.844. The number of rotatable bonds is 4. The van der Waals surface area contributed by atoms with Gasteiger partial charge < -0.3 is 5.32 Å². The lowest BCUT2D eigenvalue weighted by atomic mass is 10.0. The van der Waals surface area contributed by atoms with Gasteiger partial charge in [-0.3, -0.25) is 0 Å². The first-order chi connectivity index (χ1) is 9.22. The molecule has 1 aliphatic rings. The number of hydrogen-bond donors (Lipinski definition) is 1. The van der Waals surface area contributed by atoms with Crippen LogP contribution in [0, 0.1) is 0 Å². The Morgan fingerprint density at radius 3 is 2.32 bits per heavy atom. The van der Waals surface area contributed by atoms with E-state index in [4.69, 9.17) is 23.2 Å². The molecule has 0 aromatic heterocycles. The Kier molecular flexibility index (Phi) is 3.79. The third kappa shape index (κ3) is 3.30. The molecular weight excluding hydrogens is 277 g/mol. The van der Waals surface area contributed by atoms with Crippen molar-refractivity contribution in [3.8, 4) is 11.1 Å². The largest absolute Gasteiger partial charge is 0.310 e. The highest BCUT2D eigenvalue weighted by molar-refractivity contribution is 6.31. The zero-order valence-electron chi connectivity index (χ0n) is 10.5. The maximum Gasteiger partial charge on any atom is 0.0451 e. The Morgan fingerprint density at radius 1 is 0.947 bits per heavy atom. The summed E-state index contributed by atoms with van der Waals surface area (Å²) in [4.78, 5) is 0. The van der Waals surface area contributed by atoms with Crippen LogP contribution in [0.15, 0.2) is 42.5 Å². The molecule has 1 N–H and O–H groups in total. The number of benzene rings is 2. The second kappa shape index (κ2) is 5.54. The van der Waals surface area contributed by atoms with Gasteiger partial charge in [0.25, 0.3) is 0 Å². The van der Waals surface area contributed by atoms with E-state index in [1.54, 1.807) is 0 Å². The molecule has 0 unspecified atom stereocenters. The van der Waals surface area contributed by atoms with Gasteiger partial charge in [0.1, 0.15) is 0 Å². The second-order valence-corrected chi connectivity index (χ2v) is 5.81. The molecule has 0 heterocycles. The van der Waals surface area contributed by atoms with Crippen molar-refractivity contribution in [2.45, 2.75) is 25.4 Å². The summed E-state index contributed by atoms with van der Waals surface area (Å²) in [6.07, 6.45) is 2.57. The molecule has 2 aromatic rings. The minimum absolute atomic E-state index is 0.690. The van der Waals surface area contributed by atoms with Gasteiger partial charge in [0.15, 0.2) is 0 Å². The Bertz CT molecular complexity index is 574. The third-order valence-electron chi connectivity index (χ3n) is 3.38. The van der Waals surface area contributed by atoms with Gasteiger partial charge in [-0.15, -0.1) is 0 Å². The standard InChI is InChI=1S/C16H15Cl2N/c17-14-4-1-11(2-5-14)12-3-8-16(18)13(9-12)10-19-15-6-7-15/h1-5,8-9,15,19H,6-7,10H2. The van der Waals surface area contributed by atoms with Crippen molar-refractivity contribution in [2.24, 2.45) is 0 Å². The second-order valence-electron chi connectivity index (χ2n) is 4.97. The summed E-state index contributed by atoms with van der Waals surface area (Å²) in [7, 11) is 0. The normalized spacial score (nSPS) is 14.6. The van der Waals surface area contributed by atoms with E-state index in [-0.39, 0.29) is 0 Å². The van der Waals surface area contributed by atoms with Gasteiger partial charge in [0, 0.05) is 22.6 Å². The first kappa shape index (κ1) is 13.0. The first-order valence-electron chi connectivity index (χ1n) is 6.50. The highest BCUT2D eigenvalue weighted by atomic mass is 35.5. The van der Waals surface area contributed by atoms with Crippen molar-refractivity contribution in [3.05, 3.63) is 58.1 Å². The van der Waals surface area contributed by atoms with Gasteiger partial charge in [-0.2, -0.15) is 0 Å². The van der Waals surface area contributed by atoms with Crippen molar-refractivity contribution >= 4 is 23.2 Å². The zero-order chi connectivity index (χ0) is 13.2. The molecule has 98 valence electrons. The Hall–Kier alpha value is -1.02. The topological polar surface area (TPSA) is 12.0 Å². The van der Waals surface area contributed by atoms with Gasteiger partial charge >= 0.3 is 0 Å². The molecule has 0 atom stereocenters. The minimum atomic E-state index is 0.690. The van der Waals surface area contributed by atoms with Crippen molar-refractivity contribution in [1.29, 1.82) is 0 Å². The molecule has 0 aliphatic heterocycles. The molecular formula is C16H15Cl2N. The fraction of sp³-hybridized carbons (Fsp3) is 0.250. The lowest BCUT2D eigenvalue weighted by molar-refractivity contribution is 0.688. The van der Waals surface area contributed by atoms with Crippen LogP contribution >= 0.6 is 23.2 Å². The summed E-state index contributed by atoms with van der Waals surface area (Å²) in [6.45, 7) is 0.838. The Morgan fingerprint density at radius 2 is 1.63 bits per heavy atom. The highest BCUT2D eigenvalue weighted by Crippen LogP contribution is 2.27. The number of hydrogen-bond acceptors (Lipinski definition) is 1. The van der Waals surface area contributed by atoms with E-state index >= 15 is 0 Å². The van der Waals surface area contributed by atoms with Crippen molar-refractivity contribution < 1.29 is 0 Å². The predicted octanol–water partition coefficient (Wildman–Crippen LogP) is 4.91. The van der Waals surface area contributed by atoms with Crippen molar-refractivity contribution in [2.75, 3.05) is 0 Å². The molecule has 1 saturated carbocycles. The van der Waals surface area contributed by atoms with Crippen LogP contribution < -0.4 is 5.32 Å². The van der Waals surface area contributed by atoms with Gasteiger partial charge in [0.05, 0.1) is 0 Å². The number of nitrogens with one attached hydrogen (secondary N) is 1. The third-order valence-corrected chi connectivity index (χ3v) is 4.00. The van der Waals surface area contributed by atoms with Gasteiger partial charge in [-0.05, 0) is 53.8 Å². The molecule has 0 radical (unpaired) electrons.